The van der Waals surface area contributed by atoms with Crippen molar-refractivity contribution in [3.8, 4) is 6.07 Å². The fourth-order valence-corrected chi connectivity index (χ4v) is 3.51. The van der Waals surface area contributed by atoms with Crippen molar-refractivity contribution < 1.29 is 8.42 Å². The van der Waals surface area contributed by atoms with Crippen LogP contribution in [0, 0.1) is 25.2 Å². The van der Waals surface area contributed by atoms with Crippen LogP contribution in [0.4, 0.5) is 0 Å². The Morgan fingerprint density at radius 3 is 2.32 bits per heavy atom. The first-order valence-electron chi connectivity index (χ1n) is 6.73. The molecule has 0 fully saturated rings. The molecule has 0 saturated heterocycles. The van der Waals surface area contributed by atoms with Crippen LogP contribution in [-0.4, -0.2) is 36.6 Å². The minimum Gasteiger partial charge on any atom is -0.264 e. The van der Waals surface area contributed by atoms with Gasteiger partial charge in [-0.2, -0.15) is 10.4 Å². The molecule has 0 atom stereocenters. The molecule has 0 spiro atoms. The van der Waals surface area contributed by atoms with E-state index in [0.717, 1.165) is 5.56 Å². The van der Waals surface area contributed by atoms with Gasteiger partial charge in [-0.25, -0.2) is 12.7 Å². The first-order valence-corrected chi connectivity index (χ1v) is 8.17. The van der Waals surface area contributed by atoms with Gasteiger partial charge in [-0.3, -0.25) is 4.68 Å². The van der Waals surface area contributed by atoms with E-state index in [1.54, 1.807) is 30.7 Å². The lowest BCUT2D eigenvalue weighted by Gasteiger charge is -2.11. The van der Waals surface area contributed by atoms with E-state index >= 15 is 0 Å². The molecule has 0 N–H and O–H groups in total. The first-order chi connectivity index (χ1) is 10.3. The van der Waals surface area contributed by atoms with Gasteiger partial charge < -0.3 is 0 Å². The van der Waals surface area contributed by atoms with Gasteiger partial charge in [0.2, 0.25) is 10.0 Å². The fraction of sp³-hybridized carbons (Fsp3) is 0.333. The van der Waals surface area contributed by atoms with Crippen LogP contribution in [0.25, 0.3) is 0 Å². The van der Waals surface area contributed by atoms with Crippen LogP contribution in [0.3, 0.4) is 0 Å². The molecule has 116 valence electrons. The molecule has 1 heterocycles. The van der Waals surface area contributed by atoms with Crippen LogP contribution in [0.1, 0.15) is 22.5 Å². The Labute approximate surface area is 130 Å². The van der Waals surface area contributed by atoms with Gasteiger partial charge in [-0.05, 0) is 31.5 Å². The normalized spacial score (nSPS) is 11.6. The molecule has 1 aromatic carbocycles. The van der Waals surface area contributed by atoms with Gasteiger partial charge in [0.15, 0.2) is 0 Å². The molecule has 0 amide bonds. The van der Waals surface area contributed by atoms with Crippen molar-refractivity contribution in [1.29, 1.82) is 5.26 Å². The Balaban J connectivity index is 2.40. The molecule has 0 aliphatic heterocycles. The average molecular weight is 318 g/mol. The smallest absolute Gasteiger partial charge is 0.246 e. The van der Waals surface area contributed by atoms with Crippen molar-refractivity contribution in [3.63, 3.8) is 0 Å². The summed E-state index contributed by atoms with van der Waals surface area (Å²) in [5.41, 5.74) is 2.64. The lowest BCUT2D eigenvalue weighted by molar-refractivity contribution is 0.519. The van der Waals surface area contributed by atoms with Crippen molar-refractivity contribution in [2.24, 2.45) is 0 Å². The molecular formula is C15H18N4O2S. The SMILES string of the molecule is Cc1nn(Cc2ccc(C#N)cc2)c(C)c1S(=O)(=O)N(C)C. The minimum atomic E-state index is -3.51. The topological polar surface area (TPSA) is 79.0 Å². The molecule has 0 aliphatic carbocycles. The van der Waals surface area contributed by atoms with Crippen molar-refractivity contribution in [1.82, 2.24) is 14.1 Å². The number of rotatable bonds is 4. The van der Waals surface area contributed by atoms with E-state index in [-0.39, 0.29) is 4.90 Å². The van der Waals surface area contributed by atoms with Crippen LogP contribution < -0.4 is 0 Å². The lowest BCUT2D eigenvalue weighted by atomic mass is 10.1. The maximum Gasteiger partial charge on any atom is 0.246 e. The van der Waals surface area contributed by atoms with E-state index in [1.165, 1.54) is 18.4 Å². The van der Waals surface area contributed by atoms with Gasteiger partial charge in [0.25, 0.3) is 0 Å². The number of hydrogen-bond donors (Lipinski definition) is 0. The Bertz CT molecular complexity index is 828. The standard InChI is InChI=1S/C15H18N4O2S/c1-11-15(22(20,21)18(3)4)12(2)19(17-11)10-14-7-5-13(9-16)6-8-14/h5-8H,10H2,1-4H3. The van der Waals surface area contributed by atoms with Crippen LogP contribution >= 0.6 is 0 Å². The second-order valence-corrected chi connectivity index (χ2v) is 7.34. The summed E-state index contributed by atoms with van der Waals surface area (Å²) in [5.74, 6) is 0. The van der Waals surface area contributed by atoms with E-state index in [1.807, 2.05) is 12.1 Å². The molecule has 0 radical (unpaired) electrons. The number of nitriles is 1. The Kier molecular flexibility index (Phi) is 4.35. The van der Waals surface area contributed by atoms with E-state index in [9.17, 15) is 8.42 Å². The van der Waals surface area contributed by atoms with E-state index in [2.05, 4.69) is 11.2 Å². The largest absolute Gasteiger partial charge is 0.264 e. The summed E-state index contributed by atoms with van der Waals surface area (Å²) in [6.07, 6.45) is 0. The molecule has 6 nitrogen and oxygen atoms in total. The number of aryl methyl sites for hydroxylation is 1. The minimum absolute atomic E-state index is 0.256. The summed E-state index contributed by atoms with van der Waals surface area (Å²) in [6.45, 7) is 3.90. The number of benzene rings is 1. The van der Waals surface area contributed by atoms with E-state index in [4.69, 9.17) is 5.26 Å². The zero-order chi connectivity index (χ0) is 16.5. The molecule has 1 aromatic heterocycles. The number of sulfonamides is 1. The maximum atomic E-state index is 12.4. The van der Waals surface area contributed by atoms with Crippen molar-refractivity contribution >= 4 is 10.0 Å². The highest BCUT2D eigenvalue weighted by Crippen LogP contribution is 2.22. The third kappa shape index (κ3) is 2.89. The summed E-state index contributed by atoms with van der Waals surface area (Å²) < 4.78 is 27.6. The molecule has 2 aromatic rings. The van der Waals surface area contributed by atoms with Gasteiger partial charge in [0.1, 0.15) is 4.90 Å². The van der Waals surface area contributed by atoms with Gasteiger partial charge in [-0.15, -0.1) is 0 Å². The lowest BCUT2D eigenvalue weighted by Crippen LogP contribution is -2.23. The second kappa shape index (κ2) is 5.91. The quantitative estimate of drug-likeness (QED) is 0.859. The molecule has 22 heavy (non-hydrogen) atoms. The third-order valence-corrected chi connectivity index (χ3v) is 5.54. The van der Waals surface area contributed by atoms with Gasteiger partial charge >= 0.3 is 0 Å². The Morgan fingerprint density at radius 1 is 1.23 bits per heavy atom. The molecule has 2 rings (SSSR count). The van der Waals surface area contributed by atoms with Crippen LogP contribution in [-0.2, 0) is 16.6 Å². The number of aromatic nitrogens is 2. The summed E-state index contributed by atoms with van der Waals surface area (Å²) in [7, 11) is -0.501. The summed E-state index contributed by atoms with van der Waals surface area (Å²) in [6, 6.07) is 9.22. The Morgan fingerprint density at radius 2 is 1.82 bits per heavy atom. The predicted molar refractivity (Wildman–Crippen MR) is 82.8 cm³/mol. The third-order valence-electron chi connectivity index (χ3n) is 3.47. The zero-order valence-corrected chi connectivity index (χ0v) is 13.8. The van der Waals surface area contributed by atoms with E-state index < -0.39 is 10.0 Å². The van der Waals surface area contributed by atoms with Crippen molar-refractivity contribution in [2.75, 3.05) is 14.1 Å². The molecule has 0 bridgehead atoms. The molecule has 0 aliphatic rings. The van der Waals surface area contributed by atoms with Crippen molar-refractivity contribution in [2.45, 2.75) is 25.3 Å². The molecular weight excluding hydrogens is 300 g/mol. The highest BCUT2D eigenvalue weighted by molar-refractivity contribution is 7.89. The summed E-state index contributed by atoms with van der Waals surface area (Å²) in [4.78, 5) is 0.256. The zero-order valence-electron chi connectivity index (χ0n) is 13.0. The second-order valence-electron chi connectivity index (χ2n) is 5.25. The van der Waals surface area contributed by atoms with Crippen LogP contribution in [0.5, 0.6) is 0 Å². The highest BCUT2D eigenvalue weighted by atomic mass is 32.2. The monoisotopic (exact) mass is 318 g/mol. The summed E-state index contributed by atoms with van der Waals surface area (Å²) in [5, 5.41) is 13.1. The number of hydrogen-bond acceptors (Lipinski definition) is 4. The number of nitrogens with zero attached hydrogens (tertiary/aromatic N) is 4. The average Bonchev–Trinajstić information content (AvgIpc) is 2.74. The first kappa shape index (κ1) is 16.2. The molecule has 0 unspecified atom stereocenters. The predicted octanol–water partition coefficient (Wildman–Crippen LogP) is 1.67. The van der Waals surface area contributed by atoms with Crippen LogP contribution in [0.2, 0.25) is 0 Å². The van der Waals surface area contributed by atoms with Gasteiger partial charge in [-0.1, -0.05) is 12.1 Å². The fourth-order valence-electron chi connectivity index (χ4n) is 2.25. The van der Waals surface area contributed by atoms with Gasteiger partial charge in [0, 0.05) is 14.1 Å². The molecule has 7 heteroatoms. The highest BCUT2D eigenvalue weighted by Gasteiger charge is 2.26. The maximum absolute atomic E-state index is 12.4. The van der Waals surface area contributed by atoms with Gasteiger partial charge in [0.05, 0.1) is 29.6 Å². The van der Waals surface area contributed by atoms with E-state index in [0.29, 0.717) is 23.5 Å². The van der Waals surface area contributed by atoms with Crippen molar-refractivity contribution in [3.05, 3.63) is 46.8 Å². The Hall–Kier alpha value is -2.17. The summed E-state index contributed by atoms with van der Waals surface area (Å²) >= 11 is 0. The van der Waals surface area contributed by atoms with Crippen LogP contribution in [0.15, 0.2) is 29.2 Å². The molecule has 0 saturated carbocycles.